The minimum absolute atomic E-state index is 0.301. The van der Waals surface area contributed by atoms with Gasteiger partial charge in [-0.3, -0.25) is 0 Å². The molecule has 1 aromatic rings. The van der Waals surface area contributed by atoms with E-state index in [1.807, 2.05) is 0 Å². The molecule has 0 bridgehead atoms. The van der Waals surface area contributed by atoms with Gasteiger partial charge in [-0.25, -0.2) is 4.98 Å². The van der Waals surface area contributed by atoms with Gasteiger partial charge in [-0.15, -0.1) is 0 Å². The van der Waals surface area contributed by atoms with E-state index in [4.69, 9.17) is 5.11 Å². The standard InChI is InChI=1S/C11H19N3OS/c1-2-3-10-12-11(16-13-10)14-6-4-9(8-14)5-7-15/h9,15H,2-8H2,1H3. The molecule has 5 heteroatoms. The maximum atomic E-state index is 8.91. The van der Waals surface area contributed by atoms with E-state index < -0.39 is 0 Å². The molecule has 1 atom stereocenters. The Morgan fingerprint density at radius 1 is 1.56 bits per heavy atom. The van der Waals surface area contributed by atoms with Gasteiger partial charge < -0.3 is 10.0 Å². The lowest BCUT2D eigenvalue weighted by atomic mass is 10.1. The summed E-state index contributed by atoms with van der Waals surface area (Å²) in [6, 6.07) is 0. The molecule has 1 aliphatic rings. The molecule has 1 aromatic heterocycles. The summed E-state index contributed by atoms with van der Waals surface area (Å²) in [7, 11) is 0. The summed E-state index contributed by atoms with van der Waals surface area (Å²) >= 11 is 1.51. The van der Waals surface area contributed by atoms with Crippen molar-refractivity contribution < 1.29 is 5.11 Å². The summed E-state index contributed by atoms with van der Waals surface area (Å²) in [6.07, 6.45) is 4.16. The molecule has 0 saturated carbocycles. The highest BCUT2D eigenvalue weighted by Crippen LogP contribution is 2.26. The van der Waals surface area contributed by atoms with Crippen LogP contribution in [0.25, 0.3) is 0 Å². The lowest BCUT2D eigenvalue weighted by Crippen LogP contribution is -2.19. The van der Waals surface area contributed by atoms with E-state index in [1.165, 1.54) is 18.0 Å². The average molecular weight is 241 g/mol. The Bertz CT molecular complexity index is 329. The van der Waals surface area contributed by atoms with E-state index in [1.54, 1.807) is 0 Å². The fourth-order valence-electron chi connectivity index (χ4n) is 2.12. The van der Waals surface area contributed by atoms with E-state index in [2.05, 4.69) is 21.2 Å². The van der Waals surface area contributed by atoms with E-state index >= 15 is 0 Å². The summed E-state index contributed by atoms with van der Waals surface area (Å²) in [4.78, 5) is 6.85. The highest BCUT2D eigenvalue weighted by atomic mass is 32.1. The van der Waals surface area contributed by atoms with Gasteiger partial charge >= 0.3 is 0 Å². The van der Waals surface area contributed by atoms with Gasteiger partial charge in [0.1, 0.15) is 5.82 Å². The molecule has 1 fully saturated rings. The van der Waals surface area contributed by atoms with Crippen LogP contribution in [0.15, 0.2) is 0 Å². The lowest BCUT2D eigenvalue weighted by Gasteiger charge is -2.13. The number of aliphatic hydroxyl groups is 1. The molecule has 4 nitrogen and oxygen atoms in total. The van der Waals surface area contributed by atoms with Crippen LogP contribution in [0.1, 0.15) is 32.0 Å². The fraction of sp³-hybridized carbons (Fsp3) is 0.818. The van der Waals surface area contributed by atoms with Crippen molar-refractivity contribution in [2.45, 2.75) is 32.6 Å². The van der Waals surface area contributed by atoms with Gasteiger partial charge in [-0.1, -0.05) is 6.92 Å². The van der Waals surface area contributed by atoms with Crippen LogP contribution in [0.2, 0.25) is 0 Å². The topological polar surface area (TPSA) is 49.2 Å². The van der Waals surface area contributed by atoms with Crippen molar-refractivity contribution in [1.29, 1.82) is 0 Å². The zero-order valence-corrected chi connectivity index (χ0v) is 10.5. The van der Waals surface area contributed by atoms with Crippen molar-refractivity contribution in [3.63, 3.8) is 0 Å². The van der Waals surface area contributed by atoms with Crippen molar-refractivity contribution in [3.8, 4) is 0 Å². The molecule has 1 saturated heterocycles. The largest absolute Gasteiger partial charge is 0.396 e. The predicted molar refractivity (Wildman–Crippen MR) is 65.9 cm³/mol. The predicted octanol–water partition coefficient (Wildman–Crippen LogP) is 1.70. The molecule has 1 aliphatic heterocycles. The van der Waals surface area contributed by atoms with E-state index in [9.17, 15) is 0 Å². The van der Waals surface area contributed by atoms with Crippen molar-refractivity contribution in [3.05, 3.63) is 5.82 Å². The molecule has 1 N–H and O–H groups in total. The van der Waals surface area contributed by atoms with E-state index in [-0.39, 0.29) is 0 Å². The van der Waals surface area contributed by atoms with Crippen molar-refractivity contribution in [2.24, 2.45) is 5.92 Å². The summed E-state index contributed by atoms with van der Waals surface area (Å²) in [6.45, 7) is 4.54. The number of aliphatic hydroxyl groups excluding tert-OH is 1. The highest BCUT2D eigenvalue weighted by Gasteiger charge is 2.24. The second-order valence-corrected chi connectivity index (χ2v) is 5.09. The lowest BCUT2D eigenvalue weighted by molar-refractivity contribution is 0.263. The normalized spacial score (nSPS) is 20.6. The Labute approximate surface area is 100 Å². The molecule has 16 heavy (non-hydrogen) atoms. The van der Waals surface area contributed by atoms with E-state index in [0.29, 0.717) is 12.5 Å². The molecule has 0 radical (unpaired) electrons. The second-order valence-electron chi connectivity index (χ2n) is 4.36. The highest BCUT2D eigenvalue weighted by molar-refractivity contribution is 7.09. The number of hydrogen-bond acceptors (Lipinski definition) is 5. The number of nitrogens with zero attached hydrogens (tertiary/aromatic N) is 3. The van der Waals surface area contributed by atoms with Crippen molar-refractivity contribution in [1.82, 2.24) is 9.36 Å². The number of rotatable bonds is 5. The molecular weight excluding hydrogens is 222 g/mol. The molecule has 1 unspecified atom stereocenters. The smallest absolute Gasteiger partial charge is 0.205 e. The first kappa shape index (κ1) is 11.8. The summed E-state index contributed by atoms with van der Waals surface area (Å²) in [5.74, 6) is 1.61. The maximum absolute atomic E-state index is 8.91. The van der Waals surface area contributed by atoms with Crippen LogP contribution in [0.3, 0.4) is 0 Å². The molecule has 0 aromatic carbocycles. The zero-order chi connectivity index (χ0) is 11.4. The maximum Gasteiger partial charge on any atom is 0.205 e. The van der Waals surface area contributed by atoms with Crippen LogP contribution in [-0.4, -0.2) is 34.2 Å². The molecule has 2 heterocycles. The first-order valence-corrected chi connectivity index (χ1v) is 6.79. The molecule has 2 rings (SSSR count). The van der Waals surface area contributed by atoms with Crippen LogP contribution in [-0.2, 0) is 6.42 Å². The van der Waals surface area contributed by atoms with Gasteiger partial charge in [0.05, 0.1) is 0 Å². The first-order chi connectivity index (χ1) is 7.83. The fourth-order valence-corrected chi connectivity index (χ4v) is 2.87. The quantitative estimate of drug-likeness (QED) is 0.852. The third-order valence-corrected chi connectivity index (χ3v) is 3.84. The number of anilines is 1. The molecular formula is C11H19N3OS. The summed E-state index contributed by atoms with van der Waals surface area (Å²) < 4.78 is 4.36. The molecule has 0 aliphatic carbocycles. The van der Waals surface area contributed by atoms with E-state index in [0.717, 1.165) is 43.3 Å². The Balaban J connectivity index is 1.92. The Kier molecular flexibility index (Phi) is 4.12. The Morgan fingerprint density at radius 3 is 3.19 bits per heavy atom. The number of aromatic nitrogens is 2. The minimum Gasteiger partial charge on any atom is -0.396 e. The number of hydrogen-bond donors (Lipinski definition) is 1. The van der Waals surface area contributed by atoms with Gasteiger partial charge in [0.25, 0.3) is 0 Å². The molecule has 0 spiro atoms. The van der Waals surface area contributed by atoms with Crippen LogP contribution in [0.4, 0.5) is 5.13 Å². The second kappa shape index (κ2) is 5.59. The summed E-state index contributed by atoms with van der Waals surface area (Å²) in [5, 5.41) is 9.97. The van der Waals surface area contributed by atoms with Crippen LogP contribution < -0.4 is 4.90 Å². The van der Waals surface area contributed by atoms with Gasteiger partial charge in [0, 0.05) is 37.6 Å². The third kappa shape index (κ3) is 2.71. The zero-order valence-electron chi connectivity index (χ0n) is 9.72. The van der Waals surface area contributed by atoms with Gasteiger partial charge in [0.2, 0.25) is 5.13 Å². The van der Waals surface area contributed by atoms with Gasteiger partial charge in [-0.2, -0.15) is 4.37 Å². The third-order valence-electron chi connectivity index (χ3n) is 3.02. The van der Waals surface area contributed by atoms with Crippen LogP contribution in [0, 0.1) is 5.92 Å². The van der Waals surface area contributed by atoms with Crippen molar-refractivity contribution in [2.75, 3.05) is 24.6 Å². The monoisotopic (exact) mass is 241 g/mol. The van der Waals surface area contributed by atoms with Crippen LogP contribution >= 0.6 is 11.5 Å². The number of aryl methyl sites for hydroxylation is 1. The van der Waals surface area contributed by atoms with Crippen molar-refractivity contribution >= 4 is 16.7 Å². The Morgan fingerprint density at radius 2 is 2.44 bits per heavy atom. The SMILES string of the molecule is CCCc1nsc(N2CCC(CCO)C2)n1. The average Bonchev–Trinajstić information content (AvgIpc) is 2.87. The van der Waals surface area contributed by atoms with Gasteiger partial charge in [-0.05, 0) is 25.2 Å². The van der Waals surface area contributed by atoms with Crippen LogP contribution in [0.5, 0.6) is 0 Å². The first-order valence-electron chi connectivity index (χ1n) is 6.02. The molecule has 90 valence electrons. The molecule has 0 amide bonds. The summed E-state index contributed by atoms with van der Waals surface area (Å²) in [5.41, 5.74) is 0. The minimum atomic E-state index is 0.301. The Hall–Kier alpha value is -0.680. The van der Waals surface area contributed by atoms with Gasteiger partial charge in [0.15, 0.2) is 0 Å².